The van der Waals surface area contributed by atoms with E-state index in [2.05, 4.69) is 0 Å². The first-order chi connectivity index (χ1) is 11.1. The van der Waals surface area contributed by atoms with Gasteiger partial charge in [-0.25, -0.2) is 0 Å². The molecule has 0 aliphatic heterocycles. The summed E-state index contributed by atoms with van der Waals surface area (Å²) in [6, 6.07) is 29.0. The van der Waals surface area contributed by atoms with Crippen molar-refractivity contribution in [3.63, 3.8) is 0 Å². The second kappa shape index (κ2) is 5.61. The molecule has 0 spiro atoms. The smallest absolute Gasteiger partial charge is 0.0620 e. The summed E-state index contributed by atoms with van der Waals surface area (Å²) in [6.07, 6.45) is 0. The summed E-state index contributed by atoms with van der Waals surface area (Å²) < 4.78 is 25.3. The molecule has 0 bridgehead atoms. The molecule has 20 heavy (non-hydrogen) atoms. The first-order valence-electron chi connectivity index (χ1n) is 8.13. The van der Waals surface area contributed by atoms with E-state index in [4.69, 9.17) is 4.11 Å². The normalized spacial score (nSPS) is 14.1. The van der Waals surface area contributed by atoms with Gasteiger partial charge in [-0.2, -0.15) is 0 Å². The van der Waals surface area contributed by atoms with E-state index in [0.29, 0.717) is 0 Å². The van der Waals surface area contributed by atoms with E-state index in [1.165, 1.54) is 0 Å². The average Bonchev–Trinajstić information content (AvgIpc) is 2.57. The van der Waals surface area contributed by atoms with Crippen molar-refractivity contribution >= 4 is 23.2 Å². The third kappa shape index (κ3) is 2.28. The standard InChI is InChI=1S/C19H18P/c1-20(17-11-5-2-6-12-17,18-13-7-3-8-14-18)19-15-9-4-10-16-19/h2-16H,1H3/q+1/i1D3. The van der Waals surface area contributed by atoms with Gasteiger partial charge in [-0.3, -0.25) is 0 Å². The Labute approximate surface area is 125 Å². The molecule has 0 saturated heterocycles. The Hall–Kier alpha value is -1.91. The first kappa shape index (κ1) is 9.91. The lowest BCUT2D eigenvalue weighted by molar-refractivity contribution is 1.72. The zero-order chi connectivity index (χ0) is 16.3. The molecule has 3 rings (SSSR count). The van der Waals surface area contributed by atoms with Crippen LogP contribution in [0.15, 0.2) is 91.0 Å². The number of benzene rings is 3. The van der Waals surface area contributed by atoms with Crippen LogP contribution in [0.4, 0.5) is 0 Å². The summed E-state index contributed by atoms with van der Waals surface area (Å²) in [5, 5.41) is 2.66. The van der Waals surface area contributed by atoms with Gasteiger partial charge in [0, 0.05) is 0 Å². The molecule has 0 fully saturated rings. The minimum absolute atomic E-state index is 0.886. The molecule has 0 amide bonds. The van der Waals surface area contributed by atoms with Crippen molar-refractivity contribution in [3.05, 3.63) is 91.0 Å². The molecule has 0 aromatic heterocycles. The molecular formula is C19H18P+. The van der Waals surface area contributed by atoms with Gasteiger partial charge in [-0.15, -0.1) is 0 Å². The summed E-state index contributed by atoms with van der Waals surface area (Å²) in [7, 11) is -2.74. The lowest BCUT2D eigenvalue weighted by Crippen LogP contribution is -2.30. The quantitative estimate of drug-likeness (QED) is 0.643. The van der Waals surface area contributed by atoms with Crippen molar-refractivity contribution in [3.8, 4) is 0 Å². The number of hydrogen-bond donors (Lipinski definition) is 0. The van der Waals surface area contributed by atoms with Gasteiger partial charge in [-0.1, -0.05) is 54.6 Å². The second-order valence-corrected chi connectivity index (χ2v) is 7.57. The Kier molecular flexibility index (Phi) is 2.78. The van der Waals surface area contributed by atoms with Crippen molar-refractivity contribution in [1.29, 1.82) is 0 Å². The fraction of sp³-hybridized carbons (Fsp3) is 0.0526. The van der Waals surface area contributed by atoms with Crippen LogP contribution < -0.4 is 15.9 Å². The summed E-state index contributed by atoms with van der Waals surface area (Å²) in [6.45, 7) is -2.11. The highest BCUT2D eigenvalue weighted by molar-refractivity contribution is 7.95. The Balaban J connectivity index is 2.41. The van der Waals surface area contributed by atoms with Crippen LogP contribution in [0.5, 0.6) is 0 Å². The van der Waals surface area contributed by atoms with Gasteiger partial charge >= 0.3 is 0 Å². The van der Waals surface area contributed by atoms with Gasteiger partial charge in [0.25, 0.3) is 0 Å². The lowest BCUT2D eigenvalue weighted by Gasteiger charge is -2.22. The van der Waals surface area contributed by atoms with Gasteiger partial charge in [0.15, 0.2) is 0 Å². The molecule has 0 heterocycles. The largest absolute Gasteiger partial charge is 0.109 e. The molecular weight excluding hydrogens is 259 g/mol. The minimum Gasteiger partial charge on any atom is -0.0620 e. The molecule has 98 valence electrons. The van der Waals surface area contributed by atoms with E-state index in [1.807, 2.05) is 91.0 Å². The molecule has 0 aliphatic carbocycles. The van der Waals surface area contributed by atoms with Gasteiger partial charge in [0.1, 0.15) is 23.2 Å². The predicted molar refractivity (Wildman–Crippen MR) is 91.1 cm³/mol. The summed E-state index contributed by atoms with van der Waals surface area (Å²) in [4.78, 5) is 0. The zero-order valence-corrected chi connectivity index (χ0v) is 12.0. The van der Waals surface area contributed by atoms with Crippen LogP contribution in [0.1, 0.15) is 4.11 Å². The van der Waals surface area contributed by atoms with Crippen LogP contribution in [-0.4, -0.2) is 6.59 Å². The molecule has 1 heteroatoms. The lowest BCUT2D eigenvalue weighted by atomic mass is 10.4. The van der Waals surface area contributed by atoms with Crippen molar-refractivity contribution in [2.45, 2.75) is 0 Å². The molecule has 0 unspecified atom stereocenters. The summed E-state index contributed by atoms with van der Waals surface area (Å²) in [5.74, 6) is 0. The molecule has 0 N–H and O–H groups in total. The van der Waals surface area contributed by atoms with Gasteiger partial charge in [0.05, 0.1) is 10.7 Å². The highest BCUT2D eigenvalue weighted by Crippen LogP contribution is 2.51. The highest BCUT2D eigenvalue weighted by Gasteiger charge is 2.39. The van der Waals surface area contributed by atoms with Crippen LogP contribution in [0.3, 0.4) is 0 Å². The first-order valence-corrected chi connectivity index (χ1v) is 8.42. The third-order valence-corrected chi connectivity index (χ3v) is 6.65. The van der Waals surface area contributed by atoms with Gasteiger partial charge < -0.3 is 0 Å². The van der Waals surface area contributed by atoms with Gasteiger partial charge in [0.2, 0.25) is 0 Å². The van der Waals surface area contributed by atoms with Crippen LogP contribution in [0.25, 0.3) is 0 Å². The van der Waals surface area contributed by atoms with E-state index in [-0.39, 0.29) is 0 Å². The van der Waals surface area contributed by atoms with E-state index < -0.39 is 13.9 Å². The fourth-order valence-corrected chi connectivity index (χ4v) is 5.15. The molecule has 0 saturated carbocycles. The van der Waals surface area contributed by atoms with Crippen molar-refractivity contribution in [2.75, 3.05) is 6.59 Å². The maximum Gasteiger partial charge on any atom is 0.109 e. The minimum atomic E-state index is -2.74. The average molecular weight is 280 g/mol. The van der Waals surface area contributed by atoms with Crippen LogP contribution in [0, 0.1) is 0 Å². The molecule has 0 aliphatic rings. The predicted octanol–water partition coefficient (Wildman–Crippen LogP) is 3.61. The van der Waals surface area contributed by atoms with Crippen LogP contribution in [0.2, 0.25) is 0 Å². The highest BCUT2D eigenvalue weighted by atomic mass is 31.2. The van der Waals surface area contributed by atoms with Crippen molar-refractivity contribution in [2.24, 2.45) is 0 Å². The number of hydrogen-bond acceptors (Lipinski definition) is 0. The van der Waals surface area contributed by atoms with E-state index in [9.17, 15) is 0 Å². The summed E-state index contributed by atoms with van der Waals surface area (Å²) in [5.41, 5.74) is 0. The Morgan fingerprint density at radius 3 is 1.10 bits per heavy atom. The van der Waals surface area contributed by atoms with E-state index >= 15 is 0 Å². The molecule has 3 aromatic carbocycles. The number of rotatable bonds is 3. The zero-order valence-electron chi connectivity index (χ0n) is 14.1. The Morgan fingerprint density at radius 2 is 0.850 bits per heavy atom. The van der Waals surface area contributed by atoms with E-state index in [1.54, 1.807) is 0 Å². The van der Waals surface area contributed by atoms with E-state index in [0.717, 1.165) is 15.9 Å². The topological polar surface area (TPSA) is 0 Å². The van der Waals surface area contributed by atoms with Crippen LogP contribution in [-0.2, 0) is 0 Å². The maximum atomic E-state index is 8.43. The summed E-state index contributed by atoms with van der Waals surface area (Å²) >= 11 is 0. The molecule has 3 aromatic rings. The molecule has 0 radical (unpaired) electrons. The third-order valence-electron chi connectivity index (χ3n) is 3.43. The second-order valence-electron chi connectivity index (χ2n) is 4.68. The van der Waals surface area contributed by atoms with Crippen LogP contribution >= 0.6 is 7.26 Å². The van der Waals surface area contributed by atoms with Crippen molar-refractivity contribution in [1.82, 2.24) is 0 Å². The Morgan fingerprint density at radius 1 is 0.550 bits per heavy atom. The maximum absolute atomic E-state index is 8.43. The SMILES string of the molecule is [2H]C([2H])([2H])[P+](c1ccccc1)(c1ccccc1)c1ccccc1. The fourth-order valence-electron chi connectivity index (χ4n) is 2.40. The monoisotopic (exact) mass is 280 g/mol. The molecule has 0 atom stereocenters. The Bertz CT molecular complexity index is 656. The van der Waals surface area contributed by atoms with Crippen molar-refractivity contribution < 1.29 is 4.11 Å². The molecule has 0 nitrogen and oxygen atoms in total. The van der Waals surface area contributed by atoms with Gasteiger partial charge in [-0.05, 0) is 36.4 Å².